The van der Waals surface area contributed by atoms with Crippen molar-refractivity contribution in [1.29, 1.82) is 0 Å². The lowest BCUT2D eigenvalue weighted by Gasteiger charge is -2.04. The van der Waals surface area contributed by atoms with Crippen molar-refractivity contribution in [3.8, 4) is 0 Å². The molecule has 0 heterocycles. The van der Waals surface area contributed by atoms with Gasteiger partial charge in [0.1, 0.15) is 0 Å². The van der Waals surface area contributed by atoms with E-state index in [0.717, 1.165) is 19.3 Å². The van der Waals surface area contributed by atoms with Gasteiger partial charge in [0.2, 0.25) is 0 Å². The molecule has 0 fully saturated rings. The van der Waals surface area contributed by atoms with E-state index < -0.39 is 0 Å². The highest BCUT2D eigenvalue weighted by atomic mass is 16.5. The summed E-state index contributed by atoms with van der Waals surface area (Å²) in [4.78, 5) is 11.5. The van der Waals surface area contributed by atoms with Crippen LogP contribution in [0.15, 0.2) is 12.2 Å². The highest BCUT2D eigenvalue weighted by molar-refractivity contribution is 5.69. The van der Waals surface area contributed by atoms with Gasteiger partial charge >= 0.3 is 5.97 Å². The molecule has 2 nitrogen and oxygen atoms in total. The van der Waals surface area contributed by atoms with Gasteiger partial charge in [-0.1, -0.05) is 109 Å². The average molecular weight is 395 g/mol. The summed E-state index contributed by atoms with van der Waals surface area (Å²) in [7, 11) is 0. The number of carbonyl (C=O) groups excluding carboxylic acids is 1. The van der Waals surface area contributed by atoms with Crippen LogP contribution in [0.4, 0.5) is 0 Å². The van der Waals surface area contributed by atoms with Gasteiger partial charge in [-0.15, -0.1) is 0 Å². The molecule has 0 radical (unpaired) electrons. The molecule has 0 aromatic carbocycles. The Balaban J connectivity index is 3.14. The number of esters is 1. The van der Waals surface area contributed by atoms with Crippen molar-refractivity contribution in [3.05, 3.63) is 12.2 Å². The number of allylic oxidation sites excluding steroid dienone is 2. The number of ether oxygens (including phenoxy) is 1. The predicted octanol–water partition coefficient (Wildman–Crippen LogP) is 8.93. The van der Waals surface area contributed by atoms with E-state index >= 15 is 0 Å². The van der Waals surface area contributed by atoms with Crippen LogP contribution >= 0.6 is 0 Å². The van der Waals surface area contributed by atoms with Crippen molar-refractivity contribution in [1.82, 2.24) is 0 Å². The molecule has 0 spiro atoms. The fraction of sp³-hybridized carbons (Fsp3) is 0.885. The highest BCUT2D eigenvalue weighted by Gasteiger charge is 2.01. The molecule has 166 valence electrons. The van der Waals surface area contributed by atoms with Crippen LogP contribution in [0.3, 0.4) is 0 Å². The highest BCUT2D eigenvalue weighted by Crippen LogP contribution is 2.12. The van der Waals surface area contributed by atoms with Gasteiger partial charge in [-0.25, -0.2) is 0 Å². The zero-order chi connectivity index (χ0) is 20.5. The molecule has 0 aliphatic carbocycles. The van der Waals surface area contributed by atoms with Gasteiger partial charge in [0, 0.05) is 6.42 Å². The Hall–Kier alpha value is -0.790. The molecule has 0 saturated carbocycles. The van der Waals surface area contributed by atoms with Gasteiger partial charge in [0.15, 0.2) is 0 Å². The van der Waals surface area contributed by atoms with E-state index in [9.17, 15) is 4.79 Å². The van der Waals surface area contributed by atoms with Crippen molar-refractivity contribution < 1.29 is 9.53 Å². The fourth-order valence-electron chi connectivity index (χ4n) is 3.45. The molecule has 2 heteroatoms. The van der Waals surface area contributed by atoms with Gasteiger partial charge < -0.3 is 4.74 Å². The first kappa shape index (κ1) is 27.2. The first-order chi connectivity index (χ1) is 13.8. The SMILES string of the molecule is CCCCCCCCCCC=CCCCCCCCCCC(=O)OCCCC. The van der Waals surface area contributed by atoms with Crippen molar-refractivity contribution >= 4 is 5.97 Å². The van der Waals surface area contributed by atoms with E-state index in [0.29, 0.717) is 13.0 Å². The Kier molecular flexibility index (Phi) is 23.6. The normalized spacial score (nSPS) is 11.4. The smallest absolute Gasteiger partial charge is 0.305 e. The van der Waals surface area contributed by atoms with Crippen molar-refractivity contribution in [2.75, 3.05) is 6.61 Å². The van der Waals surface area contributed by atoms with E-state index in [4.69, 9.17) is 4.74 Å². The fourth-order valence-corrected chi connectivity index (χ4v) is 3.45. The quantitative estimate of drug-likeness (QED) is 0.104. The third kappa shape index (κ3) is 23.2. The molecule has 0 aliphatic heterocycles. The predicted molar refractivity (Wildman–Crippen MR) is 124 cm³/mol. The summed E-state index contributed by atoms with van der Waals surface area (Å²) in [6.45, 7) is 5.00. The minimum absolute atomic E-state index is 0.00721. The summed E-state index contributed by atoms with van der Waals surface area (Å²) < 4.78 is 5.17. The third-order valence-corrected chi connectivity index (χ3v) is 5.40. The monoisotopic (exact) mass is 394 g/mol. The largest absolute Gasteiger partial charge is 0.466 e. The zero-order valence-electron chi connectivity index (χ0n) is 19.3. The topological polar surface area (TPSA) is 26.3 Å². The van der Waals surface area contributed by atoms with Crippen LogP contribution in [0.5, 0.6) is 0 Å². The van der Waals surface area contributed by atoms with Crippen molar-refractivity contribution in [3.63, 3.8) is 0 Å². The second kappa shape index (κ2) is 24.2. The van der Waals surface area contributed by atoms with Gasteiger partial charge in [0.25, 0.3) is 0 Å². The molecule has 0 unspecified atom stereocenters. The Morgan fingerprint density at radius 2 is 1.00 bits per heavy atom. The Morgan fingerprint density at radius 1 is 0.571 bits per heavy atom. The minimum atomic E-state index is -0.00721. The van der Waals surface area contributed by atoms with E-state index in [1.807, 2.05) is 0 Å². The maximum atomic E-state index is 11.5. The van der Waals surface area contributed by atoms with Gasteiger partial charge in [-0.2, -0.15) is 0 Å². The lowest BCUT2D eigenvalue weighted by atomic mass is 10.1. The molecule has 0 N–H and O–H groups in total. The first-order valence-corrected chi connectivity index (χ1v) is 12.6. The molecular weight excluding hydrogens is 344 g/mol. The Bertz CT molecular complexity index is 335. The first-order valence-electron chi connectivity index (χ1n) is 12.6. The summed E-state index contributed by atoms with van der Waals surface area (Å²) in [5, 5.41) is 0. The van der Waals surface area contributed by atoms with Crippen LogP contribution in [0.2, 0.25) is 0 Å². The number of hydrogen-bond acceptors (Lipinski definition) is 2. The molecule has 0 rings (SSSR count). The van der Waals surface area contributed by atoms with E-state index in [1.54, 1.807) is 0 Å². The second-order valence-electron chi connectivity index (χ2n) is 8.32. The number of carbonyl (C=O) groups is 1. The van der Waals surface area contributed by atoms with Crippen LogP contribution < -0.4 is 0 Å². The number of hydrogen-bond donors (Lipinski definition) is 0. The van der Waals surface area contributed by atoms with Crippen LogP contribution in [-0.4, -0.2) is 12.6 Å². The lowest BCUT2D eigenvalue weighted by molar-refractivity contribution is -0.143. The molecule has 0 aliphatic rings. The maximum absolute atomic E-state index is 11.5. The summed E-state index contributed by atoms with van der Waals surface area (Å²) >= 11 is 0. The van der Waals surface area contributed by atoms with Crippen LogP contribution in [-0.2, 0) is 9.53 Å². The van der Waals surface area contributed by atoms with Crippen LogP contribution in [0, 0.1) is 0 Å². The zero-order valence-corrected chi connectivity index (χ0v) is 19.3. The van der Waals surface area contributed by atoms with Gasteiger partial charge in [0.05, 0.1) is 6.61 Å². The average Bonchev–Trinajstić information content (AvgIpc) is 2.70. The molecule has 28 heavy (non-hydrogen) atoms. The van der Waals surface area contributed by atoms with Gasteiger partial charge in [-0.3, -0.25) is 4.79 Å². The van der Waals surface area contributed by atoms with Gasteiger partial charge in [-0.05, 0) is 38.5 Å². The third-order valence-electron chi connectivity index (χ3n) is 5.40. The maximum Gasteiger partial charge on any atom is 0.305 e. The van der Waals surface area contributed by atoms with Crippen molar-refractivity contribution in [2.24, 2.45) is 0 Å². The van der Waals surface area contributed by atoms with Crippen molar-refractivity contribution in [2.45, 2.75) is 142 Å². The summed E-state index contributed by atoms with van der Waals surface area (Å²) in [6, 6.07) is 0. The standard InChI is InChI=1S/C26H50O2/c1-3-5-7-8-9-10-11-12-13-14-15-16-17-18-19-20-21-22-23-24-26(27)28-25-6-4-2/h14-15H,3-13,16-25H2,1-2H3. The number of rotatable bonds is 22. The second-order valence-corrected chi connectivity index (χ2v) is 8.32. The van der Waals surface area contributed by atoms with E-state index in [1.165, 1.54) is 103 Å². The number of unbranched alkanes of at least 4 members (excludes halogenated alkanes) is 16. The summed E-state index contributed by atoms with van der Waals surface area (Å²) in [6.07, 6.45) is 30.0. The molecule has 0 saturated heterocycles. The van der Waals surface area contributed by atoms with E-state index in [-0.39, 0.29) is 5.97 Å². The van der Waals surface area contributed by atoms with E-state index in [2.05, 4.69) is 26.0 Å². The van der Waals surface area contributed by atoms with Crippen LogP contribution in [0.25, 0.3) is 0 Å². The molecule has 0 aromatic rings. The minimum Gasteiger partial charge on any atom is -0.466 e. The van der Waals surface area contributed by atoms with Crippen LogP contribution in [0.1, 0.15) is 142 Å². The molecular formula is C26H50O2. The Labute approximate surface area is 176 Å². The Morgan fingerprint density at radius 3 is 1.50 bits per heavy atom. The molecule has 0 amide bonds. The summed E-state index contributed by atoms with van der Waals surface area (Å²) in [5.74, 6) is -0.00721. The molecule has 0 atom stereocenters. The lowest BCUT2D eigenvalue weighted by Crippen LogP contribution is -2.05. The summed E-state index contributed by atoms with van der Waals surface area (Å²) in [5.41, 5.74) is 0. The molecule has 0 aromatic heterocycles. The molecule has 0 bridgehead atoms.